The normalized spacial score (nSPS) is 15.8. The van der Waals surface area contributed by atoms with Crippen LogP contribution in [0.3, 0.4) is 0 Å². The second-order valence-corrected chi connectivity index (χ2v) is 6.54. The van der Waals surface area contributed by atoms with E-state index in [9.17, 15) is 0 Å². The van der Waals surface area contributed by atoms with Crippen LogP contribution in [0.1, 0.15) is 25.2 Å². The van der Waals surface area contributed by atoms with Gasteiger partial charge in [0.1, 0.15) is 10.7 Å². The lowest BCUT2D eigenvalue weighted by atomic mass is 10.1. The molecule has 0 spiro atoms. The average molecular weight is 295 g/mol. The molecule has 2 unspecified atom stereocenters. The van der Waals surface area contributed by atoms with Crippen molar-refractivity contribution in [2.24, 2.45) is 0 Å². The first kappa shape index (κ1) is 14.2. The number of thioether (sulfide) groups is 1. The molecule has 19 heavy (non-hydrogen) atoms. The third-order valence-corrected chi connectivity index (χ3v) is 4.68. The van der Waals surface area contributed by atoms with Crippen molar-refractivity contribution in [1.29, 1.82) is 0 Å². The van der Waals surface area contributed by atoms with Crippen LogP contribution in [-0.2, 0) is 4.87 Å². The van der Waals surface area contributed by atoms with Crippen LogP contribution in [0.15, 0.2) is 36.0 Å². The monoisotopic (exact) mass is 294 g/mol. The first-order valence-electron chi connectivity index (χ1n) is 5.92. The molecule has 0 N–H and O–H groups in total. The van der Waals surface area contributed by atoms with Gasteiger partial charge in [0, 0.05) is 30.0 Å². The van der Waals surface area contributed by atoms with E-state index < -0.39 is 4.87 Å². The van der Waals surface area contributed by atoms with Crippen LogP contribution in [0.4, 0.5) is 0 Å². The van der Waals surface area contributed by atoms with E-state index in [-0.39, 0.29) is 5.25 Å². The fourth-order valence-electron chi connectivity index (χ4n) is 1.44. The van der Waals surface area contributed by atoms with Crippen LogP contribution in [0, 0.1) is 6.92 Å². The molecule has 0 saturated carbocycles. The van der Waals surface area contributed by atoms with Gasteiger partial charge in [-0.2, -0.15) is 0 Å². The zero-order valence-electron chi connectivity index (χ0n) is 11.0. The van der Waals surface area contributed by atoms with E-state index in [4.69, 9.17) is 11.6 Å². The fraction of sp³-hybridized carbons (Fsp3) is 0.385. The van der Waals surface area contributed by atoms with Crippen molar-refractivity contribution in [1.82, 2.24) is 19.9 Å². The fourth-order valence-corrected chi connectivity index (χ4v) is 2.56. The van der Waals surface area contributed by atoms with Crippen molar-refractivity contribution in [3.63, 3.8) is 0 Å². The summed E-state index contributed by atoms with van der Waals surface area (Å²) in [4.78, 5) is 16.3. The van der Waals surface area contributed by atoms with Crippen molar-refractivity contribution in [2.45, 2.75) is 36.1 Å². The van der Waals surface area contributed by atoms with Crippen molar-refractivity contribution in [3.05, 3.63) is 42.2 Å². The van der Waals surface area contributed by atoms with Gasteiger partial charge < -0.3 is 0 Å². The number of aryl methyl sites for hydroxylation is 1. The summed E-state index contributed by atoms with van der Waals surface area (Å²) in [5.74, 6) is 0.621. The van der Waals surface area contributed by atoms with E-state index >= 15 is 0 Å². The highest BCUT2D eigenvalue weighted by Gasteiger charge is 2.34. The smallest absolute Gasteiger partial charge is 0.187 e. The van der Waals surface area contributed by atoms with Crippen molar-refractivity contribution >= 4 is 23.4 Å². The van der Waals surface area contributed by atoms with Crippen molar-refractivity contribution < 1.29 is 0 Å². The molecule has 2 heterocycles. The van der Waals surface area contributed by atoms with Gasteiger partial charge in [-0.25, -0.2) is 19.9 Å². The molecule has 2 rings (SSSR count). The summed E-state index contributed by atoms with van der Waals surface area (Å²) in [6.07, 6.45) is 6.99. The maximum atomic E-state index is 6.61. The molecule has 0 aliphatic rings. The van der Waals surface area contributed by atoms with Gasteiger partial charge in [0.15, 0.2) is 5.16 Å². The summed E-state index contributed by atoms with van der Waals surface area (Å²) in [5, 5.41) is 0.744. The van der Waals surface area contributed by atoms with Crippen molar-refractivity contribution in [3.8, 4) is 0 Å². The van der Waals surface area contributed by atoms with Crippen molar-refractivity contribution in [2.75, 3.05) is 0 Å². The van der Waals surface area contributed by atoms with Gasteiger partial charge in [-0.15, -0.1) is 11.6 Å². The Morgan fingerprint density at radius 2 is 1.74 bits per heavy atom. The molecule has 0 fully saturated rings. The van der Waals surface area contributed by atoms with E-state index in [2.05, 4.69) is 19.9 Å². The SMILES string of the molecule is Cc1cnc(C(C)(Cl)C(C)Sc2ncccn2)nc1. The topological polar surface area (TPSA) is 51.6 Å². The Labute approximate surface area is 122 Å². The largest absolute Gasteiger partial charge is 0.239 e. The minimum Gasteiger partial charge on any atom is -0.239 e. The summed E-state index contributed by atoms with van der Waals surface area (Å²) < 4.78 is 0. The van der Waals surface area contributed by atoms with Crippen LogP contribution in [0.25, 0.3) is 0 Å². The number of rotatable bonds is 4. The summed E-state index contributed by atoms with van der Waals surface area (Å²) in [7, 11) is 0. The van der Waals surface area contributed by atoms with E-state index in [1.807, 2.05) is 20.8 Å². The van der Waals surface area contributed by atoms with Gasteiger partial charge in [0.05, 0.1) is 0 Å². The molecule has 100 valence electrons. The molecular formula is C13H15ClN4S. The first-order chi connectivity index (χ1) is 9.00. The Morgan fingerprint density at radius 3 is 2.32 bits per heavy atom. The Balaban J connectivity index is 2.17. The number of halogens is 1. The molecule has 0 aliphatic heterocycles. The molecule has 0 amide bonds. The van der Waals surface area contributed by atoms with E-state index in [1.54, 1.807) is 30.9 Å². The molecular weight excluding hydrogens is 280 g/mol. The molecule has 2 atom stereocenters. The molecule has 6 heteroatoms. The number of nitrogens with zero attached hydrogens (tertiary/aromatic N) is 4. The van der Waals surface area contributed by atoms with E-state index in [0.717, 1.165) is 5.56 Å². The Morgan fingerprint density at radius 1 is 1.16 bits per heavy atom. The molecule has 0 saturated heterocycles. The van der Waals surface area contributed by atoms with Crippen LogP contribution < -0.4 is 0 Å². The predicted octanol–water partition coefficient (Wildman–Crippen LogP) is 3.21. The average Bonchev–Trinajstić information content (AvgIpc) is 2.40. The van der Waals surface area contributed by atoms with Gasteiger partial charge in [0.25, 0.3) is 0 Å². The lowest BCUT2D eigenvalue weighted by molar-refractivity contribution is 0.615. The number of aromatic nitrogens is 4. The van der Waals surface area contributed by atoms with Gasteiger partial charge in [0.2, 0.25) is 0 Å². The molecule has 0 radical (unpaired) electrons. The highest BCUT2D eigenvalue weighted by molar-refractivity contribution is 7.99. The number of hydrogen-bond acceptors (Lipinski definition) is 5. The van der Waals surface area contributed by atoms with E-state index in [0.29, 0.717) is 11.0 Å². The quantitative estimate of drug-likeness (QED) is 0.492. The van der Waals surface area contributed by atoms with Crippen LogP contribution in [0.5, 0.6) is 0 Å². The minimum absolute atomic E-state index is 0.0410. The third-order valence-electron chi connectivity index (χ3n) is 2.81. The Bertz CT molecular complexity index is 530. The molecule has 0 bridgehead atoms. The highest BCUT2D eigenvalue weighted by atomic mass is 35.5. The lowest BCUT2D eigenvalue weighted by Gasteiger charge is -2.26. The van der Waals surface area contributed by atoms with E-state index in [1.165, 1.54) is 11.8 Å². The molecule has 0 aliphatic carbocycles. The highest BCUT2D eigenvalue weighted by Crippen LogP contribution is 2.38. The van der Waals surface area contributed by atoms with Crippen LogP contribution >= 0.6 is 23.4 Å². The second-order valence-electron chi connectivity index (χ2n) is 4.45. The number of alkyl halides is 1. The summed E-state index contributed by atoms with van der Waals surface area (Å²) in [5.41, 5.74) is 1.02. The lowest BCUT2D eigenvalue weighted by Crippen LogP contribution is -2.28. The summed E-state index contributed by atoms with van der Waals surface area (Å²) in [6, 6.07) is 1.79. The molecule has 0 aromatic carbocycles. The third kappa shape index (κ3) is 3.42. The van der Waals surface area contributed by atoms with Gasteiger partial charge >= 0.3 is 0 Å². The van der Waals surface area contributed by atoms with Gasteiger partial charge in [-0.05, 0) is 25.5 Å². The summed E-state index contributed by atoms with van der Waals surface area (Å²) >= 11 is 8.13. The van der Waals surface area contributed by atoms with Crippen LogP contribution in [0.2, 0.25) is 0 Å². The summed E-state index contributed by atoms with van der Waals surface area (Å²) in [6.45, 7) is 5.89. The Kier molecular flexibility index (Phi) is 4.37. The zero-order chi connectivity index (χ0) is 13.9. The maximum Gasteiger partial charge on any atom is 0.187 e. The maximum absolute atomic E-state index is 6.61. The minimum atomic E-state index is -0.669. The zero-order valence-corrected chi connectivity index (χ0v) is 12.6. The number of hydrogen-bond donors (Lipinski definition) is 0. The van der Waals surface area contributed by atoms with Crippen LogP contribution in [-0.4, -0.2) is 25.2 Å². The predicted molar refractivity (Wildman–Crippen MR) is 77.3 cm³/mol. The van der Waals surface area contributed by atoms with Gasteiger partial charge in [-0.1, -0.05) is 18.7 Å². The molecule has 2 aromatic rings. The Hall–Kier alpha value is -1.20. The first-order valence-corrected chi connectivity index (χ1v) is 7.17. The van der Waals surface area contributed by atoms with Gasteiger partial charge in [-0.3, -0.25) is 0 Å². The molecule has 4 nitrogen and oxygen atoms in total. The standard InChI is InChI=1S/C13H15ClN4S/c1-9-7-17-11(18-8-9)13(3,14)10(2)19-12-15-5-4-6-16-12/h4-8,10H,1-3H3. The molecule has 2 aromatic heterocycles. The second kappa shape index (κ2) is 5.84.